The smallest absolute Gasteiger partial charge is 0.328 e. The Labute approximate surface area is 161 Å². The van der Waals surface area contributed by atoms with E-state index in [-0.39, 0.29) is 11.8 Å². The molecule has 3 rings (SSSR count). The van der Waals surface area contributed by atoms with E-state index in [2.05, 4.69) is 17.9 Å². The van der Waals surface area contributed by atoms with Crippen LogP contribution in [0.3, 0.4) is 0 Å². The number of hydrogen-bond acceptors (Lipinski definition) is 6. The molecule has 0 bridgehead atoms. The van der Waals surface area contributed by atoms with Crippen molar-refractivity contribution in [2.45, 2.75) is 49.4 Å². The highest BCUT2D eigenvalue weighted by molar-refractivity contribution is 7.81. The molecular formula is C17H23N3O4S2. The van der Waals surface area contributed by atoms with Crippen molar-refractivity contribution >= 4 is 41.7 Å². The number of thiol groups is 1. The lowest BCUT2D eigenvalue weighted by Crippen LogP contribution is -2.61. The summed E-state index contributed by atoms with van der Waals surface area (Å²) < 4.78 is 0. The van der Waals surface area contributed by atoms with Crippen LogP contribution in [0.2, 0.25) is 0 Å². The number of amides is 2. The Kier molecular flexibility index (Phi) is 6.20. The predicted molar refractivity (Wildman–Crippen MR) is 101 cm³/mol. The Bertz CT molecular complexity index is 667. The van der Waals surface area contributed by atoms with Gasteiger partial charge in [-0.15, -0.1) is 11.3 Å². The Morgan fingerprint density at radius 2 is 2.08 bits per heavy atom. The molecule has 0 unspecified atom stereocenters. The Morgan fingerprint density at radius 1 is 1.35 bits per heavy atom. The van der Waals surface area contributed by atoms with Crippen LogP contribution in [0.25, 0.3) is 0 Å². The Morgan fingerprint density at radius 3 is 2.73 bits per heavy atom. The fourth-order valence-corrected chi connectivity index (χ4v) is 4.66. The van der Waals surface area contributed by atoms with E-state index >= 15 is 0 Å². The average Bonchev–Trinajstić information content (AvgIpc) is 3.07. The molecular weight excluding hydrogens is 374 g/mol. The van der Waals surface area contributed by atoms with Crippen LogP contribution in [-0.4, -0.2) is 63.3 Å². The molecule has 9 heteroatoms. The van der Waals surface area contributed by atoms with Crippen molar-refractivity contribution < 1.29 is 19.5 Å². The minimum Gasteiger partial charge on any atom is -0.480 e. The number of rotatable bonds is 5. The van der Waals surface area contributed by atoms with Crippen molar-refractivity contribution in [1.82, 2.24) is 15.3 Å². The van der Waals surface area contributed by atoms with Gasteiger partial charge in [-0.05, 0) is 37.1 Å². The van der Waals surface area contributed by atoms with Gasteiger partial charge in [0.1, 0.15) is 12.1 Å². The van der Waals surface area contributed by atoms with E-state index in [0.29, 0.717) is 32.4 Å². The molecule has 2 amide bonds. The monoisotopic (exact) mass is 397 g/mol. The van der Waals surface area contributed by atoms with Crippen LogP contribution in [0.15, 0.2) is 17.5 Å². The van der Waals surface area contributed by atoms with Crippen molar-refractivity contribution in [3.05, 3.63) is 22.4 Å². The lowest BCUT2D eigenvalue weighted by molar-refractivity contribution is -0.174. The number of carboxylic acid groups (broad SMARTS) is 1. The summed E-state index contributed by atoms with van der Waals surface area (Å²) in [6.45, 7) is 1.30. The van der Waals surface area contributed by atoms with Gasteiger partial charge in [-0.25, -0.2) is 9.80 Å². The standard InChI is InChI=1S/C17H23N3O4S2/c21-15(14(25)10-11-4-3-9-26-11)18-12-5-1-7-19-8-2-6-13(17(23)24)20(19)16(12)22/h3-4,9,12-14,25H,1-2,5-8,10H2,(H,18,21)(H,23,24)/t12-,13-,14-/m1/s1. The van der Waals surface area contributed by atoms with E-state index in [0.717, 1.165) is 17.7 Å². The number of hydrogen-bond donors (Lipinski definition) is 3. The van der Waals surface area contributed by atoms with Crippen LogP contribution in [-0.2, 0) is 20.8 Å². The summed E-state index contributed by atoms with van der Waals surface area (Å²) in [6, 6.07) is 2.31. The maximum Gasteiger partial charge on any atom is 0.328 e. The number of hydrazine groups is 1. The van der Waals surface area contributed by atoms with Gasteiger partial charge in [0.05, 0.1) is 5.25 Å². The summed E-state index contributed by atoms with van der Waals surface area (Å²) in [5, 5.41) is 16.8. The van der Waals surface area contributed by atoms with Crippen LogP contribution in [0.4, 0.5) is 0 Å². The van der Waals surface area contributed by atoms with Crippen molar-refractivity contribution in [3.8, 4) is 0 Å². The van der Waals surface area contributed by atoms with Crippen LogP contribution in [0.1, 0.15) is 30.6 Å². The van der Waals surface area contributed by atoms with Gasteiger partial charge in [-0.3, -0.25) is 14.6 Å². The van der Waals surface area contributed by atoms with Crippen molar-refractivity contribution in [1.29, 1.82) is 0 Å². The molecule has 0 aliphatic carbocycles. The quantitative estimate of drug-likeness (QED) is 0.649. The first kappa shape index (κ1) is 19.2. The fraction of sp³-hybridized carbons (Fsp3) is 0.588. The summed E-state index contributed by atoms with van der Waals surface area (Å²) in [7, 11) is 0. The first-order valence-electron chi connectivity index (χ1n) is 8.79. The van der Waals surface area contributed by atoms with Crippen molar-refractivity contribution in [2.24, 2.45) is 0 Å². The van der Waals surface area contributed by atoms with Gasteiger partial charge in [0.2, 0.25) is 5.91 Å². The molecule has 0 saturated carbocycles. The predicted octanol–water partition coefficient (Wildman–Crippen LogP) is 1.16. The highest BCUT2D eigenvalue weighted by Crippen LogP contribution is 2.24. The molecule has 26 heavy (non-hydrogen) atoms. The topological polar surface area (TPSA) is 89.9 Å². The zero-order chi connectivity index (χ0) is 18.7. The van der Waals surface area contributed by atoms with Crippen LogP contribution in [0, 0.1) is 0 Å². The molecule has 7 nitrogen and oxygen atoms in total. The van der Waals surface area contributed by atoms with E-state index in [1.807, 2.05) is 22.5 Å². The van der Waals surface area contributed by atoms with E-state index in [4.69, 9.17) is 0 Å². The molecule has 2 fully saturated rings. The lowest BCUT2D eigenvalue weighted by atomic mass is 10.1. The van der Waals surface area contributed by atoms with Gasteiger partial charge in [0.15, 0.2) is 0 Å². The molecule has 1 aromatic rings. The molecule has 0 radical (unpaired) electrons. The number of aliphatic carboxylic acids is 1. The first-order valence-corrected chi connectivity index (χ1v) is 10.2. The van der Waals surface area contributed by atoms with Crippen LogP contribution in [0.5, 0.6) is 0 Å². The number of nitrogens with zero attached hydrogens (tertiary/aromatic N) is 2. The zero-order valence-electron chi connectivity index (χ0n) is 14.3. The number of carbonyl (C=O) groups is 3. The molecule has 3 heterocycles. The average molecular weight is 398 g/mol. The second kappa shape index (κ2) is 8.41. The summed E-state index contributed by atoms with van der Waals surface area (Å²) in [4.78, 5) is 38.1. The molecule has 1 aromatic heterocycles. The molecule has 2 N–H and O–H groups in total. The summed E-state index contributed by atoms with van der Waals surface area (Å²) in [5.41, 5.74) is 0. The normalized spacial score (nSPS) is 25.3. The third kappa shape index (κ3) is 4.21. The van der Waals surface area contributed by atoms with Gasteiger partial charge in [0.25, 0.3) is 5.91 Å². The highest BCUT2D eigenvalue weighted by atomic mass is 32.1. The van der Waals surface area contributed by atoms with E-state index in [1.54, 1.807) is 11.3 Å². The van der Waals surface area contributed by atoms with Crippen molar-refractivity contribution in [2.75, 3.05) is 13.1 Å². The number of fused-ring (bicyclic) bond motifs is 1. The molecule has 0 aromatic carbocycles. The van der Waals surface area contributed by atoms with Crippen LogP contribution < -0.4 is 5.32 Å². The van der Waals surface area contributed by atoms with Gasteiger partial charge in [0, 0.05) is 24.4 Å². The van der Waals surface area contributed by atoms with Gasteiger partial charge in [-0.2, -0.15) is 12.6 Å². The lowest BCUT2D eigenvalue weighted by Gasteiger charge is -2.42. The maximum atomic E-state index is 13.0. The molecule has 2 aliphatic rings. The second-order valence-electron chi connectivity index (χ2n) is 6.64. The van der Waals surface area contributed by atoms with E-state index < -0.39 is 23.3 Å². The first-order chi connectivity index (χ1) is 12.5. The van der Waals surface area contributed by atoms with Crippen molar-refractivity contribution in [3.63, 3.8) is 0 Å². The largest absolute Gasteiger partial charge is 0.480 e. The number of nitrogens with one attached hydrogen (secondary N) is 1. The summed E-state index contributed by atoms with van der Waals surface area (Å²) in [6.07, 6.45) is 2.91. The third-order valence-corrected chi connectivity index (χ3v) is 6.12. The number of carboxylic acids is 1. The van der Waals surface area contributed by atoms with E-state index in [9.17, 15) is 19.5 Å². The highest BCUT2D eigenvalue weighted by Gasteiger charge is 2.42. The summed E-state index contributed by atoms with van der Waals surface area (Å²) in [5.74, 6) is -1.63. The molecule has 2 aliphatic heterocycles. The minimum atomic E-state index is -1.00. The Balaban J connectivity index is 1.68. The van der Waals surface area contributed by atoms with E-state index in [1.165, 1.54) is 5.01 Å². The fourth-order valence-electron chi connectivity index (χ4n) is 3.51. The molecule has 2 saturated heterocycles. The number of carbonyl (C=O) groups excluding carboxylic acids is 2. The van der Waals surface area contributed by atoms with Gasteiger partial charge >= 0.3 is 5.97 Å². The summed E-state index contributed by atoms with van der Waals surface area (Å²) >= 11 is 5.94. The van der Waals surface area contributed by atoms with Crippen LogP contribution >= 0.6 is 24.0 Å². The second-order valence-corrected chi connectivity index (χ2v) is 8.29. The molecule has 3 atom stereocenters. The number of thiophene rings is 1. The zero-order valence-corrected chi connectivity index (χ0v) is 16.0. The maximum absolute atomic E-state index is 13.0. The minimum absolute atomic E-state index is 0.294. The van der Waals surface area contributed by atoms with Gasteiger partial charge < -0.3 is 10.4 Å². The Hall–Kier alpha value is -1.58. The molecule has 0 spiro atoms. The SMILES string of the molecule is O=C(N[C@@H]1CCCN2CCC[C@H](C(=O)O)N2C1=O)[C@H](S)Cc1cccs1. The molecule has 142 valence electrons. The van der Waals surface area contributed by atoms with Gasteiger partial charge in [-0.1, -0.05) is 6.07 Å². The third-order valence-electron chi connectivity index (χ3n) is 4.81.